The summed E-state index contributed by atoms with van der Waals surface area (Å²) in [5.74, 6) is 0.0450. The summed E-state index contributed by atoms with van der Waals surface area (Å²) in [4.78, 5) is 13.9. The fourth-order valence-corrected chi connectivity index (χ4v) is 1.81. The van der Waals surface area contributed by atoms with Crippen molar-refractivity contribution in [2.45, 2.75) is 38.5 Å². The van der Waals surface area contributed by atoms with Crippen LogP contribution in [0.25, 0.3) is 0 Å². The van der Waals surface area contributed by atoms with E-state index in [9.17, 15) is 4.79 Å². The standard InChI is InChI=1S/C11H22N2O3/c1-8-5-13(6-9(7-14)16-8)10(15)11(2,3)12-4/h8-9,12,14H,5-7H2,1-4H3. The number of hydrogen-bond donors (Lipinski definition) is 2. The van der Waals surface area contributed by atoms with Crippen molar-refractivity contribution in [2.24, 2.45) is 0 Å². The topological polar surface area (TPSA) is 61.8 Å². The molecule has 0 aromatic carbocycles. The summed E-state index contributed by atoms with van der Waals surface area (Å²) >= 11 is 0. The number of likely N-dealkylation sites (N-methyl/N-ethyl adjacent to an activating group) is 1. The maximum atomic E-state index is 12.2. The van der Waals surface area contributed by atoms with Crippen molar-refractivity contribution in [3.63, 3.8) is 0 Å². The molecule has 2 unspecified atom stereocenters. The summed E-state index contributed by atoms with van der Waals surface area (Å²) in [6, 6.07) is 0. The molecule has 1 amide bonds. The summed E-state index contributed by atoms with van der Waals surface area (Å²) in [5, 5.41) is 12.1. The maximum absolute atomic E-state index is 12.2. The van der Waals surface area contributed by atoms with Gasteiger partial charge in [0.1, 0.15) is 0 Å². The fraction of sp³-hybridized carbons (Fsp3) is 0.909. The second-order valence-electron chi connectivity index (χ2n) is 4.84. The van der Waals surface area contributed by atoms with Crippen molar-refractivity contribution < 1.29 is 14.6 Å². The molecule has 5 nitrogen and oxygen atoms in total. The number of aliphatic hydroxyl groups is 1. The number of ether oxygens (including phenoxy) is 1. The molecule has 5 heteroatoms. The van der Waals surface area contributed by atoms with Crippen molar-refractivity contribution in [3.05, 3.63) is 0 Å². The van der Waals surface area contributed by atoms with Crippen LogP contribution in [0.2, 0.25) is 0 Å². The minimum Gasteiger partial charge on any atom is -0.394 e. The lowest BCUT2D eigenvalue weighted by Gasteiger charge is -2.39. The molecule has 0 bridgehead atoms. The quantitative estimate of drug-likeness (QED) is 0.692. The molecule has 1 fully saturated rings. The number of nitrogens with zero attached hydrogens (tertiary/aromatic N) is 1. The van der Waals surface area contributed by atoms with E-state index in [2.05, 4.69) is 5.32 Å². The molecule has 2 N–H and O–H groups in total. The van der Waals surface area contributed by atoms with Crippen molar-refractivity contribution in [3.8, 4) is 0 Å². The van der Waals surface area contributed by atoms with E-state index in [0.717, 1.165) is 0 Å². The van der Waals surface area contributed by atoms with Crippen molar-refractivity contribution in [1.82, 2.24) is 10.2 Å². The lowest BCUT2D eigenvalue weighted by Crippen LogP contribution is -2.58. The predicted octanol–water partition coefficient (Wildman–Crippen LogP) is -0.407. The van der Waals surface area contributed by atoms with Crippen LogP contribution in [0.1, 0.15) is 20.8 Å². The van der Waals surface area contributed by atoms with Crippen LogP contribution in [0.3, 0.4) is 0 Å². The van der Waals surface area contributed by atoms with E-state index in [0.29, 0.717) is 13.1 Å². The second kappa shape index (κ2) is 5.12. The molecule has 0 aromatic heterocycles. The molecule has 1 aliphatic heterocycles. The zero-order valence-corrected chi connectivity index (χ0v) is 10.5. The number of rotatable bonds is 3. The highest BCUT2D eigenvalue weighted by Crippen LogP contribution is 2.15. The van der Waals surface area contributed by atoms with Gasteiger partial charge in [0, 0.05) is 13.1 Å². The van der Waals surface area contributed by atoms with E-state index in [1.54, 1.807) is 11.9 Å². The Balaban J connectivity index is 2.69. The SMILES string of the molecule is CNC(C)(C)C(=O)N1CC(C)OC(CO)C1. The molecule has 0 aliphatic carbocycles. The summed E-state index contributed by atoms with van der Waals surface area (Å²) in [7, 11) is 1.77. The van der Waals surface area contributed by atoms with E-state index in [-0.39, 0.29) is 24.7 Å². The van der Waals surface area contributed by atoms with Crippen LogP contribution < -0.4 is 5.32 Å². The minimum absolute atomic E-state index is 0.0255. The normalized spacial score (nSPS) is 26.9. The van der Waals surface area contributed by atoms with Crippen LogP contribution in [-0.2, 0) is 9.53 Å². The van der Waals surface area contributed by atoms with E-state index >= 15 is 0 Å². The summed E-state index contributed by atoms with van der Waals surface area (Å²) in [6.45, 7) is 6.61. The van der Waals surface area contributed by atoms with E-state index in [1.807, 2.05) is 20.8 Å². The van der Waals surface area contributed by atoms with Gasteiger partial charge in [-0.25, -0.2) is 0 Å². The van der Waals surface area contributed by atoms with Gasteiger partial charge in [0.25, 0.3) is 0 Å². The van der Waals surface area contributed by atoms with Gasteiger partial charge in [0.05, 0.1) is 24.4 Å². The van der Waals surface area contributed by atoms with Crippen LogP contribution in [-0.4, -0.2) is 60.4 Å². The molecule has 1 rings (SSSR count). The van der Waals surface area contributed by atoms with E-state index in [1.165, 1.54) is 0 Å². The van der Waals surface area contributed by atoms with Gasteiger partial charge in [-0.15, -0.1) is 0 Å². The zero-order chi connectivity index (χ0) is 12.3. The fourth-order valence-electron chi connectivity index (χ4n) is 1.81. The van der Waals surface area contributed by atoms with Gasteiger partial charge in [-0.05, 0) is 27.8 Å². The van der Waals surface area contributed by atoms with Gasteiger partial charge in [-0.1, -0.05) is 0 Å². The first-order valence-electron chi connectivity index (χ1n) is 5.65. The number of carbonyl (C=O) groups is 1. The lowest BCUT2D eigenvalue weighted by atomic mass is 10.0. The summed E-state index contributed by atoms with van der Waals surface area (Å²) < 4.78 is 5.50. The third kappa shape index (κ3) is 2.93. The molecule has 0 spiro atoms. The molecular weight excluding hydrogens is 208 g/mol. The monoisotopic (exact) mass is 230 g/mol. The summed E-state index contributed by atoms with van der Waals surface area (Å²) in [6.07, 6.45) is -0.289. The molecule has 1 aliphatic rings. The predicted molar refractivity (Wildman–Crippen MR) is 61.1 cm³/mol. The van der Waals surface area contributed by atoms with Gasteiger partial charge in [0.2, 0.25) is 5.91 Å². The number of aliphatic hydroxyl groups excluding tert-OH is 1. The Morgan fingerprint density at radius 2 is 2.19 bits per heavy atom. The van der Waals surface area contributed by atoms with Gasteiger partial charge in [-0.3, -0.25) is 4.79 Å². The second-order valence-corrected chi connectivity index (χ2v) is 4.84. The molecule has 2 atom stereocenters. The number of amides is 1. The highest BCUT2D eigenvalue weighted by molar-refractivity contribution is 5.85. The van der Waals surface area contributed by atoms with Crippen LogP contribution in [0.4, 0.5) is 0 Å². The van der Waals surface area contributed by atoms with Gasteiger partial charge in [-0.2, -0.15) is 0 Å². The highest BCUT2D eigenvalue weighted by Gasteiger charge is 2.35. The Morgan fingerprint density at radius 1 is 1.56 bits per heavy atom. The highest BCUT2D eigenvalue weighted by atomic mass is 16.5. The first kappa shape index (κ1) is 13.4. The Bertz CT molecular complexity index is 256. The van der Waals surface area contributed by atoms with Crippen LogP contribution >= 0.6 is 0 Å². The number of carbonyl (C=O) groups excluding carboxylic acids is 1. The largest absolute Gasteiger partial charge is 0.394 e. The smallest absolute Gasteiger partial charge is 0.242 e. The molecule has 1 saturated heterocycles. The van der Waals surface area contributed by atoms with E-state index in [4.69, 9.17) is 9.84 Å². The Labute approximate surface area is 96.8 Å². The van der Waals surface area contributed by atoms with Gasteiger partial charge < -0.3 is 20.1 Å². The number of hydrogen-bond acceptors (Lipinski definition) is 4. The Hall–Kier alpha value is -0.650. The molecule has 0 aromatic rings. The van der Waals surface area contributed by atoms with Crippen LogP contribution in [0.15, 0.2) is 0 Å². The Morgan fingerprint density at radius 3 is 2.69 bits per heavy atom. The molecule has 94 valence electrons. The van der Waals surface area contributed by atoms with Gasteiger partial charge in [0.15, 0.2) is 0 Å². The van der Waals surface area contributed by atoms with Crippen molar-refractivity contribution >= 4 is 5.91 Å². The van der Waals surface area contributed by atoms with Crippen molar-refractivity contribution in [2.75, 3.05) is 26.7 Å². The van der Waals surface area contributed by atoms with Crippen LogP contribution in [0, 0.1) is 0 Å². The Kier molecular flexibility index (Phi) is 4.29. The van der Waals surface area contributed by atoms with Gasteiger partial charge >= 0.3 is 0 Å². The average Bonchev–Trinajstić information content (AvgIpc) is 2.27. The molecule has 16 heavy (non-hydrogen) atoms. The first-order chi connectivity index (χ1) is 7.40. The van der Waals surface area contributed by atoms with Crippen LogP contribution in [0.5, 0.6) is 0 Å². The molecule has 1 heterocycles. The zero-order valence-electron chi connectivity index (χ0n) is 10.5. The average molecular weight is 230 g/mol. The minimum atomic E-state index is -0.572. The van der Waals surface area contributed by atoms with E-state index < -0.39 is 5.54 Å². The molecule has 0 saturated carbocycles. The maximum Gasteiger partial charge on any atom is 0.242 e. The molecule has 0 radical (unpaired) electrons. The van der Waals surface area contributed by atoms with Crippen molar-refractivity contribution in [1.29, 1.82) is 0 Å². The number of morpholine rings is 1. The first-order valence-corrected chi connectivity index (χ1v) is 5.65. The third-order valence-corrected chi connectivity index (χ3v) is 2.98. The molecular formula is C11H22N2O3. The lowest BCUT2D eigenvalue weighted by molar-refractivity contribution is -0.152. The summed E-state index contributed by atoms with van der Waals surface area (Å²) in [5.41, 5.74) is -0.572. The number of nitrogens with one attached hydrogen (secondary N) is 1. The third-order valence-electron chi connectivity index (χ3n) is 2.98.